The van der Waals surface area contributed by atoms with Crippen LogP contribution < -0.4 is 14.8 Å². The third-order valence-electron chi connectivity index (χ3n) is 7.07. The van der Waals surface area contributed by atoms with Gasteiger partial charge in [0.1, 0.15) is 23.9 Å². The summed E-state index contributed by atoms with van der Waals surface area (Å²) in [6, 6.07) is 24.0. The third kappa shape index (κ3) is 7.15. The molecule has 1 heterocycles. The van der Waals surface area contributed by atoms with Crippen molar-refractivity contribution in [2.45, 2.75) is 58.4 Å². The highest BCUT2D eigenvalue weighted by Crippen LogP contribution is 2.22. The van der Waals surface area contributed by atoms with Crippen molar-refractivity contribution in [2.75, 3.05) is 20.3 Å². The van der Waals surface area contributed by atoms with Crippen LogP contribution >= 0.6 is 0 Å². The second kappa shape index (κ2) is 13.7. The number of para-hydroxylation sites is 2. The van der Waals surface area contributed by atoms with Gasteiger partial charge in [0.2, 0.25) is 0 Å². The monoisotopic (exact) mass is 513 g/mol. The largest absolute Gasteiger partial charge is 0.497 e. The lowest BCUT2D eigenvalue weighted by atomic mass is 9.99. The smallest absolute Gasteiger partial charge is 0.251 e. The molecule has 0 bridgehead atoms. The Bertz CT molecular complexity index is 1310. The van der Waals surface area contributed by atoms with Crippen LogP contribution in [0.15, 0.2) is 72.8 Å². The van der Waals surface area contributed by atoms with Crippen molar-refractivity contribution >= 4 is 16.9 Å². The fourth-order valence-corrected chi connectivity index (χ4v) is 4.60. The van der Waals surface area contributed by atoms with Gasteiger partial charge in [-0.05, 0) is 73.2 Å². The third-order valence-corrected chi connectivity index (χ3v) is 7.07. The molecule has 3 aromatic carbocycles. The summed E-state index contributed by atoms with van der Waals surface area (Å²) in [6.45, 7) is 6.45. The predicted octanol–water partition coefficient (Wildman–Crippen LogP) is 6.78. The maximum absolute atomic E-state index is 12.4. The molecule has 1 N–H and O–H groups in total. The normalized spacial score (nSPS) is 11.9. The van der Waals surface area contributed by atoms with Crippen LogP contribution in [0.5, 0.6) is 11.5 Å². The van der Waals surface area contributed by atoms with Crippen LogP contribution in [0, 0.1) is 0 Å². The van der Waals surface area contributed by atoms with E-state index in [1.54, 1.807) is 19.2 Å². The summed E-state index contributed by atoms with van der Waals surface area (Å²) in [4.78, 5) is 17.3. The van der Waals surface area contributed by atoms with Crippen LogP contribution in [0.1, 0.15) is 67.2 Å². The molecule has 0 aliphatic carbocycles. The molecule has 0 spiro atoms. The first kappa shape index (κ1) is 27.2. The van der Waals surface area contributed by atoms with Crippen LogP contribution in [-0.4, -0.2) is 35.7 Å². The number of rotatable bonds is 14. The number of fused-ring (bicyclic) bond motifs is 1. The van der Waals surface area contributed by atoms with Gasteiger partial charge in [0.05, 0.1) is 24.7 Å². The van der Waals surface area contributed by atoms with Crippen LogP contribution in [0.3, 0.4) is 0 Å². The Hall–Kier alpha value is -3.80. The second-order valence-corrected chi connectivity index (χ2v) is 9.69. The summed E-state index contributed by atoms with van der Waals surface area (Å²) in [5, 5.41) is 3.01. The highest BCUT2D eigenvalue weighted by molar-refractivity contribution is 5.94. The number of methoxy groups -OCH3 is 1. The van der Waals surface area contributed by atoms with E-state index >= 15 is 0 Å². The SMILES string of the molecule is CCC(C)c1ccc(OCCn2c(CCCCCNC(=O)c3cccc(OC)c3)nc3ccccc32)cc1. The summed E-state index contributed by atoms with van der Waals surface area (Å²) in [7, 11) is 1.60. The van der Waals surface area contributed by atoms with E-state index in [0.717, 1.165) is 61.3 Å². The highest BCUT2D eigenvalue weighted by Gasteiger charge is 2.11. The number of hydrogen-bond acceptors (Lipinski definition) is 4. The highest BCUT2D eigenvalue weighted by atomic mass is 16.5. The number of carbonyl (C=O) groups is 1. The van der Waals surface area contributed by atoms with Crippen molar-refractivity contribution in [3.8, 4) is 11.5 Å². The Morgan fingerprint density at radius 1 is 0.974 bits per heavy atom. The van der Waals surface area contributed by atoms with E-state index in [1.165, 1.54) is 5.56 Å². The van der Waals surface area contributed by atoms with Gasteiger partial charge in [0, 0.05) is 18.5 Å². The summed E-state index contributed by atoms with van der Waals surface area (Å²) < 4.78 is 13.6. The maximum Gasteiger partial charge on any atom is 0.251 e. The first-order valence-corrected chi connectivity index (χ1v) is 13.7. The number of carbonyl (C=O) groups excluding carboxylic acids is 1. The molecule has 0 saturated carbocycles. The average Bonchev–Trinajstić information content (AvgIpc) is 3.31. The lowest BCUT2D eigenvalue weighted by Gasteiger charge is -2.13. The summed E-state index contributed by atoms with van der Waals surface area (Å²) in [5.41, 5.74) is 4.13. The molecular formula is C32H39N3O3. The number of nitrogens with zero attached hydrogens (tertiary/aromatic N) is 2. The topological polar surface area (TPSA) is 65.4 Å². The lowest BCUT2D eigenvalue weighted by Crippen LogP contribution is -2.24. The molecule has 6 nitrogen and oxygen atoms in total. The first-order valence-electron chi connectivity index (χ1n) is 13.7. The molecule has 0 radical (unpaired) electrons. The number of hydrogen-bond donors (Lipinski definition) is 1. The maximum atomic E-state index is 12.4. The number of aromatic nitrogens is 2. The zero-order valence-corrected chi connectivity index (χ0v) is 22.8. The van der Waals surface area contributed by atoms with E-state index in [-0.39, 0.29) is 5.91 Å². The van der Waals surface area contributed by atoms with Crippen molar-refractivity contribution in [3.05, 3.63) is 89.7 Å². The Morgan fingerprint density at radius 3 is 2.58 bits per heavy atom. The number of nitrogens with one attached hydrogen (secondary N) is 1. The fraction of sp³-hybridized carbons (Fsp3) is 0.375. The van der Waals surface area contributed by atoms with Gasteiger partial charge in [-0.15, -0.1) is 0 Å². The number of benzene rings is 3. The molecule has 0 aliphatic rings. The molecule has 4 rings (SSSR count). The van der Waals surface area contributed by atoms with Crippen molar-refractivity contribution in [2.24, 2.45) is 0 Å². The van der Waals surface area contributed by atoms with Gasteiger partial charge >= 0.3 is 0 Å². The van der Waals surface area contributed by atoms with E-state index in [1.807, 2.05) is 18.2 Å². The number of aryl methyl sites for hydroxylation is 1. The minimum Gasteiger partial charge on any atom is -0.497 e. The van der Waals surface area contributed by atoms with E-state index in [0.29, 0.717) is 30.4 Å². The zero-order chi connectivity index (χ0) is 26.7. The van der Waals surface area contributed by atoms with Gasteiger partial charge < -0.3 is 19.4 Å². The second-order valence-electron chi connectivity index (χ2n) is 9.69. The molecule has 6 heteroatoms. The van der Waals surface area contributed by atoms with Gasteiger partial charge in [-0.2, -0.15) is 0 Å². The number of unbranched alkanes of at least 4 members (excludes halogenated alkanes) is 2. The fourth-order valence-electron chi connectivity index (χ4n) is 4.60. The van der Waals surface area contributed by atoms with Gasteiger partial charge in [-0.1, -0.05) is 50.6 Å². The summed E-state index contributed by atoms with van der Waals surface area (Å²) >= 11 is 0. The molecule has 0 saturated heterocycles. The Labute approximate surface area is 226 Å². The zero-order valence-electron chi connectivity index (χ0n) is 22.8. The first-order chi connectivity index (χ1) is 18.6. The molecular weight excluding hydrogens is 474 g/mol. The molecule has 1 atom stereocenters. The molecule has 0 fully saturated rings. The van der Waals surface area contributed by atoms with Crippen LogP contribution in [-0.2, 0) is 13.0 Å². The van der Waals surface area contributed by atoms with Gasteiger partial charge in [0.15, 0.2) is 0 Å². The van der Waals surface area contributed by atoms with Gasteiger partial charge in [0.25, 0.3) is 5.91 Å². The van der Waals surface area contributed by atoms with E-state index in [9.17, 15) is 4.79 Å². The van der Waals surface area contributed by atoms with Gasteiger partial charge in [-0.25, -0.2) is 4.98 Å². The van der Waals surface area contributed by atoms with E-state index < -0.39 is 0 Å². The van der Waals surface area contributed by atoms with Crippen molar-refractivity contribution < 1.29 is 14.3 Å². The quantitative estimate of drug-likeness (QED) is 0.189. The number of ether oxygens (including phenoxy) is 2. The molecule has 1 aromatic heterocycles. The number of imidazole rings is 1. The van der Waals surface area contributed by atoms with Crippen molar-refractivity contribution in [1.29, 1.82) is 0 Å². The Kier molecular flexibility index (Phi) is 9.79. The average molecular weight is 514 g/mol. The standard InChI is InChI=1S/C32H39N3O3/c1-4-24(2)25-16-18-27(19-17-25)38-22-21-35-30-14-8-7-13-29(30)34-31(35)15-6-5-9-20-33-32(36)26-11-10-12-28(23-26)37-3/h7-8,10-14,16-19,23-24H,4-6,9,15,20-22H2,1-3H3,(H,33,36). The molecule has 38 heavy (non-hydrogen) atoms. The van der Waals surface area contributed by atoms with Gasteiger partial charge in [-0.3, -0.25) is 4.79 Å². The molecule has 0 aliphatic heterocycles. The van der Waals surface area contributed by atoms with Crippen molar-refractivity contribution in [3.63, 3.8) is 0 Å². The molecule has 200 valence electrons. The minimum absolute atomic E-state index is 0.0693. The minimum atomic E-state index is -0.0693. The summed E-state index contributed by atoms with van der Waals surface area (Å²) in [5.74, 6) is 3.17. The predicted molar refractivity (Wildman–Crippen MR) is 153 cm³/mol. The molecule has 4 aromatic rings. The molecule has 1 amide bonds. The van der Waals surface area contributed by atoms with Crippen LogP contribution in [0.2, 0.25) is 0 Å². The lowest BCUT2D eigenvalue weighted by molar-refractivity contribution is 0.0952. The Morgan fingerprint density at radius 2 is 1.79 bits per heavy atom. The van der Waals surface area contributed by atoms with Crippen molar-refractivity contribution in [1.82, 2.24) is 14.9 Å². The molecule has 1 unspecified atom stereocenters. The number of amides is 1. The van der Waals surface area contributed by atoms with E-state index in [2.05, 4.69) is 66.2 Å². The Balaban J connectivity index is 1.26. The van der Waals surface area contributed by atoms with E-state index in [4.69, 9.17) is 14.5 Å². The van der Waals surface area contributed by atoms with Crippen LogP contribution in [0.25, 0.3) is 11.0 Å². The van der Waals surface area contributed by atoms with Crippen LogP contribution in [0.4, 0.5) is 0 Å². The summed E-state index contributed by atoms with van der Waals surface area (Å²) in [6.07, 6.45) is 4.97.